The Balaban J connectivity index is 2.09. The molecule has 0 saturated heterocycles. The summed E-state index contributed by atoms with van der Waals surface area (Å²) in [6.45, 7) is 3.32. The zero-order chi connectivity index (χ0) is 17.0. The molecule has 1 unspecified atom stereocenters. The van der Waals surface area contributed by atoms with Crippen molar-refractivity contribution in [3.05, 3.63) is 35.4 Å². The SMILES string of the molecule is CCCCCC(C(C)=O)C(=O)ON1C(=O)c2ccccc2C1=O. The van der Waals surface area contributed by atoms with Crippen molar-refractivity contribution >= 4 is 23.6 Å². The van der Waals surface area contributed by atoms with Crippen molar-refractivity contribution in [1.29, 1.82) is 0 Å². The van der Waals surface area contributed by atoms with Crippen LogP contribution in [0.3, 0.4) is 0 Å². The molecular formula is C17H19NO5. The molecule has 1 aliphatic heterocycles. The fraction of sp³-hybridized carbons (Fsp3) is 0.412. The first-order valence-corrected chi connectivity index (χ1v) is 7.67. The second-order valence-corrected chi connectivity index (χ2v) is 5.52. The summed E-state index contributed by atoms with van der Waals surface area (Å²) in [7, 11) is 0. The molecule has 0 fully saturated rings. The first-order chi connectivity index (χ1) is 11.0. The van der Waals surface area contributed by atoms with Gasteiger partial charge in [-0.1, -0.05) is 43.4 Å². The molecule has 1 aliphatic rings. The number of Topliss-reactive ketones (excluding diaryl/α,β-unsaturated/α-hetero) is 1. The Labute approximate surface area is 134 Å². The van der Waals surface area contributed by atoms with Crippen LogP contribution in [0.4, 0.5) is 0 Å². The lowest BCUT2D eigenvalue weighted by atomic mass is 9.98. The molecule has 2 amide bonds. The van der Waals surface area contributed by atoms with Crippen molar-refractivity contribution in [1.82, 2.24) is 5.06 Å². The first kappa shape index (κ1) is 16.9. The highest BCUT2D eigenvalue weighted by molar-refractivity contribution is 6.21. The monoisotopic (exact) mass is 317 g/mol. The normalized spacial score (nSPS) is 14.6. The van der Waals surface area contributed by atoms with Gasteiger partial charge in [-0.15, -0.1) is 0 Å². The molecule has 6 nitrogen and oxygen atoms in total. The molecule has 0 spiro atoms. The highest BCUT2D eigenvalue weighted by Gasteiger charge is 2.40. The number of hydroxylamine groups is 2. The average Bonchev–Trinajstić information content (AvgIpc) is 2.76. The van der Waals surface area contributed by atoms with Crippen LogP contribution in [0.5, 0.6) is 0 Å². The van der Waals surface area contributed by atoms with Crippen LogP contribution in [-0.4, -0.2) is 28.6 Å². The number of amides is 2. The lowest BCUT2D eigenvalue weighted by Crippen LogP contribution is -2.36. The van der Waals surface area contributed by atoms with E-state index < -0.39 is 23.7 Å². The minimum absolute atomic E-state index is 0.190. The van der Waals surface area contributed by atoms with Gasteiger partial charge >= 0.3 is 5.97 Å². The van der Waals surface area contributed by atoms with E-state index in [0.29, 0.717) is 17.9 Å². The van der Waals surface area contributed by atoms with Crippen molar-refractivity contribution in [2.45, 2.75) is 39.5 Å². The smallest absolute Gasteiger partial charge is 0.329 e. The summed E-state index contributed by atoms with van der Waals surface area (Å²) in [5.74, 6) is -3.51. The van der Waals surface area contributed by atoms with Gasteiger partial charge in [0.05, 0.1) is 11.1 Å². The van der Waals surface area contributed by atoms with E-state index in [-0.39, 0.29) is 16.9 Å². The minimum atomic E-state index is -0.953. The number of carbonyl (C=O) groups excluding carboxylic acids is 4. The Kier molecular flexibility index (Phi) is 5.26. The van der Waals surface area contributed by atoms with Crippen LogP contribution in [-0.2, 0) is 14.4 Å². The minimum Gasteiger partial charge on any atom is -0.329 e. The quantitative estimate of drug-likeness (QED) is 0.438. The maximum Gasteiger partial charge on any atom is 0.343 e. The number of rotatable bonds is 7. The van der Waals surface area contributed by atoms with Gasteiger partial charge in [-0.2, -0.15) is 0 Å². The molecule has 0 radical (unpaired) electrons. The van der Waals surface area contributed by atoms with Crippen LogP contribution in [0.25, 0.3) is 0 Å². The van der Waals surface area contributed by atoms with Crippen LogP contribution < -0.4 is 0 Å². The van der Waals surface area contributed by atoms with Gasteiger partial charge < -0.3 is 4.84 Å². The molecule has 0 aromatic heterocycles. The lowest BCUT2D eigenvalue weighted by molar-refractivity contribution is -0.175. The maximum atomic E-state index is 12.2. The van der Waals surface area contributed by atoms with Gasteiger partial charge in [-0.3, -0.25) is 14.4 Å². The Bertz CT molecular complexity index is 617. The number of unbranched alkanes of at least 4 members (excludes halogenated alkanes) is 2. The van der Waals surface area contributed by atoms with Crippen molar-refractivity contribution in [3.63, 3.8) is 0 Å². The number of carbonyl (C=O) groups is 4. The van der Waals surface area contributed by atoms with E-state index in [9.17, 15) is 19.2 Å². The van der Waals surface area contributed by atoms with Crippen molar-refractivity contribution in [3.8, 4) is 0 Å². The molecule has 6 heteroatoms. The summed E-state index contributed by atoms with van der Waals surface area (Å²) in [6, 6.07) is 6.23. The Hall–Kier alpha value is -2.50. The highest BCUT2D eigenvalue weighted by atomic mass is 16.7. The van der Waals surface area contributed by atoms with Crippen LogP contribution in [0, 0.1) is 5.92 Å². The maximum absolute atomic E-state index is 12.2. The molecule has 0 saturated carbocycles. The zero-order valence-corrected chi connectivity index (χ0v) is 13.2. The first-order valence-electron chi connectivity index (χ1n) is 7.67. The highest BCUT2D eigenvalue weighted by Crippen LogP contribution is 2.24. The zero-order valence-electron chi connectivity index (χ0n) is 13.2. The largest absolute Gasteiger partial charge is 0.343 e. The number of hydrogen-bond acceptors (Lipinski definition) is 5. The average molecular weight is 317 g/mol. The van der Waals surface area contributed by atoms with E-state index in [4.69, 9.17) is 4.84 Å². The number of nitrogens with zero attached hydrogens (tertiary/aromatic N) is 1. The van der Waals surface area contributed by atoms with Crippen LogP contribution >= 0.6 is 0 Å². The summed E-state index contributed by atoms with van der Waals surface area (Å²) in [5.41, 5.74) is 0.381. The molecule has 0 bridgehead atoms. The number of ketones is 1. The van der Waals surface area contributed by atoms with E-state index in [1.165, 1.54) is 19.1 Å². The van der Waals surface area contributed by atoms with Crippen molar-refractivity contribution in [2.24, 2.45) is 5.92 Å². The van der Waals surface area contributed by atoms with Crippen molar-refractivity contribution < 1.29 is 24.0 Å². The number of imide groups is 1. The van der Waals surface area contributed by atoms with E-state index in [2.05, 4.69) is 0 Å². The summed E-state index contributed by atoms with van der Waals surface area (Å²) >= 11 is 0. The molecule has 23 heavy (non-hydrogen) atoms. The fourth-order valence-electron chi connectivity index (χ4n) is 2.49. The lowest BCUT2D eigenvalue weighted by Gasteiger charge is -2.17. The number of fused-ring (bicyclic) bond motifs is 1. The Morgan fingerprint density at radius 3 is 2.13 bits per heavy atom. The summed E-state index contributed by atoms with van der Waals surface area (Å²) in [5, 5.41) is 0.447. The molecule has 0 aliphatic carbocycles. The van der Waals surface area contributed by atoms with Gasteiger partial charge in [0.1, 0.15) is 11.7 Å². The molecule has 2 rings (SSSR count). The third-order valence-electron chi connectivity index (χ3n) is 3.81. The molecule has 1 atom stereocenters. The molecule has 1 aromatic carbocycles. The number of benzene rings is 1. The fourth-order valence-corrected chi connectivity index (χ4v) is 2.49. The van der Waals surface area contributed by atoms with E-state index >= 15 is 0 Å². The van der Waals surface area contributed by atoms with Gasteiger partial charge in [-0.25, -0.2) is 4.79 Å². The topological polar surface area (TPSA) is 80.8 Å². The van der Waals surface area contributed by atoms with Crippen LogP contribution in [0.15, 0.2) is 24.3 Å². The molecule has 122 valence electrons. The Morgan fingerprint density at radius 1 is 1.09 bits per heavy atom. The van der Waals surface area contributed by atoms with E-state index in [1.54, 1.807) is 12.1 Å². The van der Waals surface area contributed by atoms with E-state index in [0.717, 1.165) is 12.8 Å². The molecular weight excluding hydrogens is 298 g/mol. The second kappa shape index (κ2) is 7.17. The predicted molar refractivity (Wildman–Crippen MR) is 81.3 cm³/mol. The predicted octanol–water partition coefficient (Wildman–Crippen LogP) is 2.53. The van der Waals surface area contributed by atoms with Crippen LogP contribution in [0.2, 0.25) is 0 Å². The van der Waals surface area contributed by atoms with Gasteiger partial charge in [0.2, 0.25) is 0 Å². The van der Waals surface area contributed by atoms with Gasteiger partial charge in [0, 0.05) is 0 Å². The van der Waals surface area contributed by atoms with Crippen LogP contribution in [0.1, 0.15) is 60.2 Å². The summed E-state index contributed by atoms with van der Waals surface area (Å²) in [6.07, 6.45) is 2.91. The number of hydrogen-bond donors (Lipinski definition) is 0. The summed E-state index contributed by atoms with van der Waals surface area (Å²) in [4.78, 5) is 53.1. The van der Waals surface area contributed by atoms with Gasteiger partial charge in [-0.05, 0) is 25.5 Å². The van der Waals surface area contributed by atoms with Gasteiger partial charge in [0.25, 0.3) is 11.8 Å². The third-order valence-corrected chi connectivity index (χ3v) is 3.81. The van der Waals surface area contributed by atoms with Gasteiger partial charge in [0.15, 0.2) is 0 Å². The Morgan fingerprint density at radius 2 is 1.65 bits per heavy atom. The second-order valence-electron chi connectivity index (χ2n) is 5.52. The third kappa shape index (κ3) is 3.47. The molecule has 1 heterocycles. The summed E-state index contributed by atoms with van der Waals surface area (Å²) < 4.78 is 0. The van der Waals surface area contributed by atoms with E-state index in [1.807, 2.05) is 6.92 Å². The molecule has 1 aromatic rings. The standard InChI is InChI=1S/C17H19NO5/c1-3-4-5-8-12(11(2)19)17(22)23-18-15(20)13-9-6-7-10-14(13)16(18)21/h6-7,9-10,12H,3-5,8H2,1-2H3. The molecule has 0 N–H and O–H groups in total. The van der Waals surface area contributed by atoms with Crippen molar-refractivity contribution in [2.75, 3.05) is 0 Å².